The zero-order valence-corrected chi connectivity index (χ0v) is 17.2. The minimum atomic E-state index is -0.982. The normalized spacial score (nSPS) is 12.3. The van der Waals surface area contributed by atoms with Crippen LogP contribution in [-0.2, 0) is 17.3 Å². The number of hydrogen-bond acceptors (Lipinski definition) is 3. The lowest BCUT2D eigenvalue weighted by molar-refractivity contribution is 0.681. The van der Waals surface area contributed by atoms with Crippen molar-refractivity contribution in [3.63, 3.8) is 0 Å². The average Bonchev–Trinajstić information content (AvgIpc) is 2.96. The van der Waals surface area contributed by atoms with Gasteiger partial charge in [-0.05, 0) is 31.2 Å². The van der Waals surface area contributed by atoms with E-state index >= 15 is 0 Å². The third-order valence-electron chi connectivity index (χ3n) is 3.04. The van der Waals surface area contributed by atoms with Gasteiger partial charge in [-0.25, -0.2) is 0 Å². The van der Waals surface area contributed by atoms with Crippen molar-refractivity contribution in [3.8, 4) is 0 Å². The van der Waals surface area contributed by atoms with Gasteiger partial charge in [0.1, 0.15) is 0 Å². The SMILES string of the molecule is CN=C(NCCS(=O)c1ccccc1)NCc1ccc(C)s1.I. The molecule has 1 aromatic heterocycles. The molecule has 1 aromatic carbocycles. The van der Waals surface area contributed by atoms with Crippen LogP contribution in [0.15, 0.2) is 52.4 Å². The number of nitrogens with one attached hydrogen (secondary N) is 2. The zero-order chi connectivity index (χ0) is 15.8. The van der Waals surface area contributed by atoms with Crippen LogP contribution >= 0.6 is 35.3 Å². The fourth-order valence-corrected chi connectivity index (χ4v) is 3.74. The summed E-state index contributed by atoms with van der Waals surface area (Å²) in [6, 6.07) is 13.8. The van der Waals surface area contributed by atoms with Crippen molar-refractivity contribution in [2.45, 2.75) is 18.4 Å². The first-order chi connectivity index (χ1) is 10.7. The Balaban J connectivity index is 0.00000264. The second-order valence-electron chi connectivity index (χ2n) is 4.73. The number of hydrogen-bond donors (Lipinski definition) is 2. The molecule has 0 spiro atoms. The highest BCUT2D eigenvalue weighted by Crippen LogP contribution is 2.14. The monoisotopic (exact) mass is 463 g/mol. The number of aryl methyl sites for hydroxylation is 1. The van der Waals surface area contributed by atoms with Crippen molar-refractivity contribution >= 4 is 52.1 Å². The summed E-state index contributed by atoms with van der Waals surface area (Å²) in [6.07, 6.45) is 0. The summed E-state index contributed by atoms with van der Waals surface area (Å²) >= 11 is 1.77. The van der Waals surface area contributed by atoms with Gasteiger partial charge in [-0.3, -0.25) is 9.20 Å². The fourth-order valence-electron chi connectivity index (χ4n) is 1.92. The molecule has 0 aliphatic carbocycles. The number of rotatable bonds is 6. The van der Waals surface area contributed by atoms with Crippen LogP contribution < -0.4 is 10.6 Å². The molecule has 0 bridgehead atoms. The topological polar surface area (TPSA) is 53.5 Å². The maximum absolute atomic E-state index is 12.1. The highest BCUT2D eigenvalue weighted by molar-refractivity contribution is 14.0. The van der Waals surface area contributed by atoms with Crippen LogP contribution in [0.1, 0.15) is 9.75 Å². The van der Waals surface area contributed by atoms with E-state index in [9.17, 15) is 4.21 Å². The van der Waals surface area contributed by atoms with Gasteiger partial charge in [0, 0.05) is 34.0 Å². The zero-order valence-electron chi connectivity index (χ0n) is 13.2. The first-order valence-electron chi connectivity index (χ1n) is 7.12. The highest BCUT2D eigenvalue weighted by atomic mass is 127. The lowest BCUT2D eigenvalue weighted by Gasteiger charge is -2.11. The molecule has 0 saturated heterocycles. The predicted octanol–water partition coefficient (Wildman–Crippen LogP) is 3.15. The van der Waals surface area contributed by atoms with E-state index in [-0.39, 0.29) is 24.0 Å². The molecule has 1 heterocycles. The van der Waals surface area contributed by atoms with Gasteiger partial charge in [0.25, 0.3) is 0 Å². The second kappa shape index (κ2) is 10.8. The Bertz CT molecular complexity index is 644. The van der Waals surface area contributed by atoms with E-state index < -0.39 is 10.8 Å². The molecule has 1 atom stereocenters. The largest absolute Gasteiger partial charge is 0.355 e. The molecule has 0 aliphatic rings. The van der Waals surface area contributed by atoms with Gasteiger partial charge in [0.15, 0.2) is 5.96 Å². The number of nitrogens with zero attached hydrogens (tertiary/aromatic N) is 1. The number of thiophene rings is 1. The van der Waals surface area contributed by atoms with E-state index in [1.54, 1.807) is 18.4 Å². The number of guanidine groups is 1. The van der Waals surface area contributed by atoms with E-state index in [1.807, 2.05) is 30.3 Å². The van der Waals surface area contributed by atoms with Gasteiger partial charge in [-0.15, -0.1) is 35.3 Å². The van der Waals surface area contributed by atoms with Gasteiger partial charge in [0.05, 0.1) is 17.3 Å². The average molecular weight is 463 g/mol. The molecule has 1 unspecified atom stereocenters. The molecular weight excluding hydrogens is 441 g/mol. The van der Waals surface area contributed by atoms with Crippen molar-refractivity contribution in [1.82, 2.24) is 10.6 Å². The van der Waals surface area contributed by atoms with Crippen LogP contribution in [0.5, 0.6) is 0 Å². The van der Waals surface area contributed by atoms with Crippen LogP contribution in [0.25, 0.3) is 0 Å². The van der Waals surface area contributed by atoms with E-state index in [1.165, 1.54) is 9.75 Å². The Kier molecular flexibility index (Phi) is 9.42. The molecule has 126 valence electrons. The lowest BCUT2D eigenvalue weighted by Crippen LogP contribution is -2.38. The Morgan fingerprint density at radius 2 is 1.91 bits per heavy atom. The third-order valence-corrected chi connectivity index (χ3v) is 5.41. The summed E-state index contributed by atoms with van der Waals surface area (Å²) in [5, 5.41) is 6.46. The molecule has 0 saturated carbocycles. The molecule has 0 fully saturated rings. The molecule has 2 N–H and O–H groups in total. The predicted molar refractivity (Wildman–Crippen MR) is 110 cm³/mol. The van der Waals surface area contributed by atoms with Crippen LogP contribution in [0.3, 0.4) is 0 Å². The van der Waals surface area contributed by atoms with E-state index in [4.69, 9.17) is 0 Å². The molecular formula is C16H22IN3OS2. The van der Waals surface area contributed by atoms with Crippen LogP contribution in [0.4, 0.5) is 0 Å². The molecule has 4 nitrogen and oxygen atoms in total. The Morgan fingerprint density at radius 3 is 2.52 bits per heavy atom. The molecule has 0 amide bonds. The van der Waals surface area contributed by atoms with Crippen LogP contribution in [-0.4, -0.2) is 29.5 Å². The summed E-state index contributed by atoms with van der Waals surface area (Å²) in [5.41, 5.74) is 0. The summed E-state index contributed by atoms with van der Waals surface area (Å²) < 4.78 is 12.1. The van der Waals surface area contributed by atoms with Crippen molar-refractivity contribution < 1.29 is 4.21 Å². The summed E-state index contributed by atoms with van der Waals surface area (Å²) in [4.78, 5) is 7.62. The van der Waals surface area contributed by atoms with Gasteiger partial charge >= 0.3 is 0 Å². The summed E-state index contributed by atoms with van der Waals surface area (Å²) in [7, 11) is 0.758. The number of halogens is 1. The van der Waals surface area contributed by atoms with E-state index in [2.05, 4.69) is 34.7 Å². The smallest absolute Gasteiger partial charge is 0.191 e. The summed E-state index contributed by atoms with van der Waals surface area (Å²) in [6.45, 7) is 3.46. The maximum Gasteiger partial charge on any atom is 0.191 e. The van der Waals surface area contributed by atoms with Crippen molar-refractivity contribution in [1.29, 1.82) is 0 Å². The molecule has 2 rings (SSSR count). The van der Waals surface area contributed by atoms with Crippen LogP contribution in [0.2, 0.25) is 0 Å². The standard InChI is InChI=1S/C16H21N3OS2.HI/c1-13-8-9-14(21-13)12-19-16(17-2)18-10-11-22(20)15-6-4-3-5-7-15;/h3-9H,10-12H2,1-2H3,(H2,17,18,19);1H. The number of aliphatic imine (C=N–C) groups is 1. The van der Waals surface area contributed by atoms with E-state index in [0.29, 0.717) is 12.3 Å². The van der Waals surface area contributed by atoms with E-state index in [0.717, 1.165) is 17.4 Å². The second-order valence-corrected chi connectivity index (χ2v) is 7.67. The Hall–Kier alpha value is -0.930. The maximum atomic E-state index is 12.1. The third kappa shape index (κ3) is 7.01. The van der Waals surface area contributed by atoms with Gasteiger partial charge in [-0.1, -0.05) is 18.2 Å². The van der Waals surface area contributed by atoms with Gasteiger partial charge < -0.3 is 10.6 Å². The lowest BCUT2D eigenvalue weighted by atomic mass is 10.4. The van der Waals surface area contributed by atoms with Gasteiger partial charge in [-0.2, -0.15) is 0 Å². The molecule has 2 aromatic rings. The van der Waals surface area contributed by atoms with Gasteiger partial charge in [0.2, 0.25) is 0 Å². The molecule has 23 heavy (non-hydrogen) atoms. The first-order valence-corrected chi connectivity index (χ1v) is 9.26. The number of benzene rings is 1. The first kappa shape index (κ1) is 20.1. The Labute approximate surface area is 161 Å². The van der Waals surface area contributed by atoms with Crippen molar-refractivity contribution in [2.24, 2.45) is 4.99 Å². The van der Waals surface area contributed by atoms with Crippen molar-refractivity contribution in [3.05, 3.63) is 52.2 Å². The Morgan fingerprint density at radius 1 is 1.17 bits per heavy atom. The van der Waals surface area contributed by atoms with Crippen LogP contribution in [0, 0.1) is 6.92 Å². The van der Waals surface area contributed by atoms with Crippen molar-refractivity contribution in [2.75, 3.05) is 19.3 Å². The molecule has 7 heteroatoms. The molecule has 0 aliphatic heterocycles. The quantitative estimate of drug-likeness (QED) is 0.393. The molecule has 0 radical (unpaired) electrons. The minimum absolute atomic E-state index is 0. The minimum Gasteiger partial charge on any atom is -0.355 e. The fraction of sp³-hybridized carbons (Fsp3) is 0.312. The highest BCUT2D eigenvalue weighted by Gasteiger charge is 2.04. The summed E-state index contributed by atoms with van der Waals surface area (Å²) in [5.74, 6) is 1.29.